The quantitative estimate of drug-likeness (QED) is 0.557. The van der Waals surface area contributed by atoms with Crippen molar-refractivity contribution in [1.29, 1.82) is 0 Å². The van der Waals surface area contributed by atoms with E-state index < -0.39 is 6.03 Å². The molecule has 0 bridgehead atoms. The van der Waals surface area contributed by atoms with E-state index in [0.717, 1.165) is 6.54 Å². The summed E-state index contributed by atoms with van der Waals surface area (Å²) in [6.07, 6.45) is -0.108. The van der Waals surface area contributed by atoms with E-state index in [1.54, 1.807) is 55.5 Å². The highest BCUT2D eigenvalue weighted by molar-refractivity contribution is 6.42. The molecule has 0 fully saturated rings. The number of halogens is 2. The van der Waals surface area contributed by atoms with Crippen LogP contribution in [0.1, 0.15) is 24.2 Å². The summed E-state index contributed by atoms with van der Waals surface area (Å²) in [5.41, 5.74) is 1.38. The smallest absolute Gasteiger partial charge is 0.323 e. The number of nitrogens with zero attached hydrogens (tertiary/aromatic N) is 1. The normalized spacial score (nSPS) is 21.5. The second-order valence-corrected chi connectivity index (χ2v) is 9.29. The van der Waals surface area contributed by atoms with Gasteiger partial charge in [-0.05, 0) is 43.2 Å². The fourth-order valence-electron chi connectivity index (χ4n) is 3.60. The molecule has 8 nitrogen and oxygen atoms in total. The SMILES string of the molecule is CO[C@H]1CN(C)C(=O)c2ccc(NC(=O)Nc3ccc(Cl)c(Cl)c3)cc2OC[C@H](C)NC[C@H]1C. The molecule has 34 heavy (non-hydrogen) atoms. The van der Waals surface area contributed by atoms with Crippen LogP contribution in [0, 0.1) is 5.92 Å². The Labute approximate surface area is 209 Å². The predicted octanol–water partition coefficient (Wildman–Crippen LogP) is 4.73. The molecule has 0 radical (unpaired) electrons. The molecule has 3 rings (SSSR count). The van der Waals surface area contributed by atoms with Crippen molar-refractivity contribution in [2.75, 3.05) is 44.5 Å². The highest BCUT2D eigenvalue weighted by Gasteiger charge is 2.25. The first-order valence-corrected chi connectivity index (χ1v) is 11.7. The third-order valence-corrected chi connectivity index (χ3v) is 6.40. The molecule has 0 saturated heterocycles. The van der Waals surface area contributed by atoms with Crippen LogP contribution in [-0.2, 0) is 4.74 Å². The Morgan fingerprint density at radius 2 is 1.79 bits per heavy atom. The average molecular weight is 509 g/mol. The molecule has 0 aromatic heterocycles. The topological polar surface area (TPSA) is 91.9 Å². The van der Waals surface area contributed by atoms with E-state index in [2.05, 4.69) is 22.9 Å². The van der Waals surface area contributed by atoms with Crippen LogP contribution in [-0.4, -0.2) is 62.8 Å². The lowest BCUT2D eigenvalue weighted by Gasteiger charge is -2.30. The zero-order chi connectivity index (χ0) is 24.8. The van der Waals surface area contributed by atoms with Gasteiger partial charge in [0.15, 0.2) is 0 Å². The Bertz CT molecular complexity index is 1040. The van der Waals surface area contributed by atoms with Gasteiger partial charge in [0, 0.05) is 50.7 Å². The van der Waals surface area contributed by atoms with Gasteiger partial charge >= 0.3 is 6.03 Å². The number of rotatable bonds is 3. The standard InChI is InChI=1S/C24H30Cl2N4O4/c1-14-11-27-15(2)13-34-21-10-17(5-7-18(21)23(31)30(3)12-22(14)33-4)29-24(32)28-16-6-8-19(25)20(26)9-16/h5-10,14-15,22,27H,11-13H2,1-4H3,(H2,28,29,32)/t14-,15+,22+/m1/s1. The number of benzene rings is 2. The molecule has 0 saturated carbocycles. The molecule has 0 aliphatic carbocycles. The van der Waals surface area contributed by atoms with Crippen molar-refractivity contribution in [1.82, 2.24) is 10.2 Å². The number of nitrogens with one attached hydrogen (secondary N) is 3. The second kappa shape index (κ2) is 11.8. The molecule has 3 amide bonds. The van der Waals surface area contributed by atoms with Crippen LogP contribution in [0.4, 0.5) is 16.2 Å². The van der Waals surface area contributed by atoms with Crippen LogP contribution in [0.15, 0.2) is 36.4 Å². The third-order valence-electron chi connectivity index (χ3n) is 5.66. The van der Waals surface area contributed by atoms with Crippen molar-refractivity contribution < 1.29 is 19.1 Å². The maximum atomic E-state index is 13.2. The Hall–Kier alpha value is -2.52. The highest BCUT2D eigenvalue weighted by atomic mass is 35.5. The molecule has 0 unspecified atom stereocenters. The number of amides is 3. The number of hydrogen-bond donors (Lipinski definition) is 3. The number of carbonyl (C=O) groups is 2. The number of methoxy groups -OCH3 is 1. The van der Waals surface area contributed by atoms with Crippen LogP contribution in [0.2, 0.25) is 10.0 Å². The number of likely N-dealkylation sites (N-methyl/N-ethyl adjacent to an activating group) is 1. The summed E-state index contributed by atoms with van der Waals surface area (Å²) in [5.74, 6) is 0.417. The number of ether oxygens (including phenoxy) is 2. The largest absolute Gasteiger partial charge is 0.491 e. The summed E-state index contributed by atoms with van der Waals surface area (Å²) >= 11 is 11.9. The van der Waals surface area contributed by atoms with Gasteiger partial charge in [0.1, 0.15) is 12.4 Å². The summed E-state index contributed by atoms with van der Waals surface area (Å²) in [7, 11) is 3.40. The lowest BCUT2D eigenvalue weighted by atomic mass is 10.0. The number of fused-ring (bicyclic) bond motifs is 1. The van der Waals surface area contributed by atoms with Gasteiger partial charge in [0.25, 0.3) is 5.91 Å². The molecule has 1 aliphatic rings. The first-order valence-electron chi connectivity index (χ1n) is 11.0. The number of carbonyl (C=O) groups excluding carboxylic acids is 2. The first-order chi connectivity index (χ1) is 16.2. The van der Waals surface area contributed by atoms with E-state index in [4.69, 9.17) is 32.7 Å². The molecule has 3 N–H and O–H groups in total. The van der Waals surface area contributed by atoms with Crippen molar-refractivity contribution in [3.63, 3.8) is 0 Å². The second-order valence-electron chi connectivity index (χ2n) is 8.48. The number of hydrogen-bond acceptors (Lipinski definition) is 5. The molecule has 1 aliphatic heterocycles. The molecule has 10 heteroatoms. The molecule has 2 aromatic rings. The monoisotopic (exact) mass is 508 g/mol. The molecule has 1 heterocycles. The Balaban J connectivity index is 1.80. The van der Waals surface area contributed by atoms with Crippen molar-refractivity contribution in [2.24, 2.45) is 5.92 Å². The van der Waals surface area contributed by atoms with Gasteiger partial charge < -0.3 is 30.3 Å². The molecular weight excluding hydrogens is 479 g/mol. The summed E-state index contributed by atoms with van der Waals surface area (Å²) in [5, 5.41) is 9.63. The lowest BCUT2D eigenvalue weighted by Crippen LogP contribution is -2.44. The molecule has 0 spiro atoms. The van der Waals surface area contributed by atoms with Gasteiger partial charge in [0.05, 0.1) is 21.7 Å². The molecule has 3 atom stereocenters. The number of anilines is 2. The molecule has 2 aromatic carbocycles. The summed E-state index contributed by atoms with van der Waals surface area (Å²) < 4.78 is 11.6. The van der Waals surface area contributed by atoms with E-state index >= 15 is 0 Å². The van der Waals surface area contributed by atoms with Crippen LogP contribution >= 0.6 is 23.2 Å². The van der Waals surface area contributed by atoms with Gasteiger partial charge in [-0.15, -0.1) is 0 Å². The summed E-state index contributed by atoms with van der Waals surface area (Å²) in [6, 6.07) is 9.33. The average Bonchev–Trinajstić information content (AvgIpc) is 2.80. The fraction of sp³-hybridized carbons (Fsp3) is 0.417. The minimum atomic E-state index is -0.470. The lowest BCUT2D eigenvalue weighted by molar-refractivity contribution is 0.0281. The maximum Gasteiger partial charge on any atom is 0.323 e. The van der Waals surface area contributed by atoms with E-state index in [0.29, 0.717) is 45.9 Å². The highest BCUT2D eigenvalue weighted by Crippen LogP contribution is 2.27. The van der Waals surface area contributed by atoms with Gasteiger partial charge in [0.2, 0.25) is 0 Å². The minimum Gasteiger partial charge on any atom is -0.491 e. The van der Waals surface area contributed by atoms with Crippen molar-refractivity contribution in [3.05, 3.63) is 52.0 Å². The van der Waals surface area contributed by atoms with Crippen molar-refractivity contribution in [3.8, 4) is 5.75 Å². The molecule has 184 valence electrons. The van der Waals surface area contributed by atoms with E-state index in [-0.39, 0.29) is 24.0 Å². The minimum absolute atomic E-state index is 0.0506. The Morgan fingerprint density at radius 1 is 1.12 bits per heavy atom. The third kappa shape index (κ3) is 6.76. The Kier molecular flexibility index (Phi) is 9.02. The zero-order valence-corrected chi connectivity index (χ0v) is 21.2. The van der Waals surface area contributed by atoms with Gasteiger partial charge in [-0.1, -0.05) is 30.1 Å². The number of urea groups is 1. The van der Waals surface area contributed by atoms with Gasteiger partial charge in [-0.2, -0.15) is 0 Å². The fourth-order valence-corrected chi connectivity index (χ4v) is 3.90. The van der Waals surface area contributed by atoms with E-state index in [1.165, 1.54) is 0 Å². The van der Waals surface area contributed by atoms with Crippen LogP contribution < -0.4 is 20.7 Å². The first kappa shape index (κ1) is 26.1. The summed E-state index contributed by atoms with van der Waals surface area (Å²) in [6.45, 7) is 5.63. The van der Waals surface area contributed by atoms with Gasteiger partial charge in [-0.25, -0.2) is 4.79 Å². The molecular formula is C24H30Cl2N4O4. The van der Waals surface area contributed by atoms with Gasteiger partial charge in [-0.3, -0.25) is 4.79 Å². The van der Waals surface area contributed by atoms with Crippen LogP contribution in [0.3, 0.4) is 0 Å². The predicted molar refractivity (Wildman–Crippen MR) is 135 cm³/mol. The Morgan fingerprint density at radius 3 is 2.47 bits per heavy atom. The zero-order valence-electron chi connectivity index (χ0n) is 19.7. The maximum absolute atomic E-state index is 13.2. The van der Waals surface area contributed by atoms with Crippen LogP contribution in [0.5, 0.6) is 5.75 Å². The van der Waals surface area contributed by atoms with E-state index in [9.17, 15) is 9.59 Å². The van der Waals surface area contributed by atoms with Crippen molar-refractivity contribution in [2.45, 2.75) is 26.0 Å². The van der Waals surface area contributed by atoms with E-state index in [1.807, 2.05) is 6.92 Å². The van der Waals surface area contributed by atoms with Crippen molar-refractivity contribution >= 4 is 46.5 Å². The van der Waals surface area contributed by atoms with Crippen LogP contribution in [0.25, 0.3) is 0 Å². The summed E-state index contributed by atoms with van der Waals surface area (Å²) in [4.78, 5) is 27.3.